The highest BCUT2D eigenvalue weighted by molar-refractivity contribution is 9.10. The molecule has 0 aliphatic carbocycles. The van der Waals surface area contributed by atoms with Gasteiger partial charge in [-0.05, 0) is 38.3 Å². The SMILES string of the molecule is O=S(=O)(NCc1csc2ccccc12)c1c(Cl)sc(Cl)c1Br. The maximum Gasteiger partial charge on any atom is 0.244 e. The molecular formula is C13H8BrCl2NO2S3. The van der Waals surface area contributed by atoms with Crippen molar-refractivity contribution in [1.82, 2.24) is 4.72 Å². The lowest BCUT2D eigenvalue weighted by Gasteiger charge is -2.06. The van der Waals surface area contributed by atoms with Gasteiger partial charge >= 0.3 is 0 Å². The highest BCUT2D eigenvalue weighted by atomic mass is 79.9. The topological polar surface area (TPSA) is 46.2 Å². The first kappa shape index (κ1) is 16.7. The highest BCUT2D eigenvalue weighted by Crippen LogP contribution is 2.42. The average molecular weight is 457 g/mol. The third-order valence-electron chi connectivity index (χ3n) is 3.01. The first-order valence-electron chi connectivity index (χ1n) is 5.98. The van der Waals surface area contributed by atoms with E-state index >= 15 is 0 Å². The summed E-state index contributed by atoms with van der Waals surface area (Å²) in [5.41, 5.74) is 0.928. The largest absolute Gasteiger partial charge is 0.244 e. The molecule has 0 bridgehead atoms. The average Bonchev–Trinajstić information content (AvgIpc) is 2.98. The van der Waals surface area contributed by atoms with Gasteiger partial charge in [0.15, 0.2) is 0 Å². The van der Waals surface area contributed by atoms with Gasteiger partial charge in [-0.3, -0.25) is 0 Å². The number of rotatable bonds is 4. The van der Waals surface area contributed by atoms with Gasteiger partial charge in [-0.2, -0.15) is 0 Å². The molecule has 2 heterocycles. The molecule has 0 aliphatic rings. The Hall–Kier alpha value is -0.150. The minimum Gasteiger partial charge on any atom is -0.207 e. The smallest absolute Gasteiger partial charge is 0.207 e. The van der Waals surface area contributed by atoms with Crippen LogP contribution in [-0.2, 0) is 16.6 Å². The predicted molar refractivity (Wildman–Crippen MR) is 97.9 cm³/mol. The summed E-state index contributed by atoms with van der Waals surface area (Å²) in [7, 11) is -3.74. The van der Waals surface area contributed by atoms with Crippen LogP contribution in [0.25, 0.3) is 10.1 Å². The third kappa shape index (κ3) is 3.08. The van der Waals surface area contributed by atoms with Gasteiger partial charge in [0.2, 0.25) is 10.0 Å². The van der Waals surface area contributed by atoms with Crippen LogP contribution in [-0.4, -0.2) is 8.42 Å². The van der Waals surface area contributed by atoms with Crippen molar-refractivity contribution in [2.45, 2.75) is 11.4 Å². The third-order valence-corrected chi connectivity index (χ3v) is 8.89. The molecule has 3 nitrogen and oxygen atoms in total. The van der Waals surface area contributed by atoms with E-state index in [4.69, 9.17) is 23.2 Å². The van der Waals surface area contributed by atoms with Crippen LogP contribution in [0.15, 0.2) is 39.0 Å². The van der Waals surface area contributed by atoms with Crippen LogP contribution in [0, 0.1) is 0 Å². The Balaban J connectivity index is 1.89. The van der Waals surface area contributed by atoms with Crippen LogP contribution in [0.4, 0.5) is 0 Å². The monoisotopic (exact) mass is 455 g/mol. The van der Waals surface area contributed by atoms with E-state index in [1.165, 1.54) is 0 Å². The molecule has 0 atom stereocenters. The number of fused-ring (bicyclic) bond motifs is 1. The van der Waals surface area contributed by atoms with E-state index in [1.807, 2.05) is 29.6 Å². The quantitative estimate of drug-likeness (QED) is 0.562. The Morgan fingerprint density at radius 3 is 2.59 bits per heavy atom. The van der Waals surface area contributed by atoms with Gasteiger partial charge in [-0.1, -0.05) is 41.4 Å². The Bertz CT molecular complexity index is 950. The van der Waals surface area contributed by atoms with Gasteiger partial charge in [0.05, 0.1) is 4.47 Å². The second-order valence-electron chi connectivity index (χ2n) is 4.37. The maximum absolute atomic E-state index is 12.4. The number of sulfonamides is 1. The number of hydrogen-bond donors (Lipinski definition) is 1. The van der Waals surface area contributed by atoms with Crippen LogP contribution in [0.1, 0.15) is 5.56 Å². The lowest BCUT2D eigenvalue weighted by atomic mass is 10.2. The van der Waals surface area contributed by atoms with Crippen molar-refractivity contribution in [2.75, 3.05) is 0 Å². The fraction of sp³-hybridized carbons (Fsp3) is 0.0769. The van der Waals surface area contributed by atoms with Gasteiger partial charge in [-0.15, -0.1) is 22.7 Å². The lowest BCUT2D eigenvalue weighted by Crippen LogP contribution is -2.23. The van der Waals surface area contributed by atoms with Gasteiger partial charge < -0.3 is 0 Å². The summed E-state index contributed by atoms with van der Waals surface area (Å²) in [5.74, 6) is 0. The van der Waals surface area contributed by atoms with Gasteiger partial charge in [0.25, 0.3) is 0 Å². The molecule has 0 spiro atoms. The molecule has 0 amide bonds. The van der Waals surface area contributed by atoms with Crippen molar-refractivity contribution in [1.29, 1.82) is 0 Å². The van der Waals surface area contributed by atoms with Crippen LogP contribution < -0.4 is 4.72 Å². The molecule has 3 aromatic rings. The predicted octanol–water partition coefficient (Wildman–Crippen LogP) is 5.51. The number of thiophene rings is 2. The van der Waals surface area contributed by atoms with Crippen molar-refractivity contribution >= 4 is 81.9 Å². The highest BCUT2D eigenvalue weighted by Gasteiger charge is 2.26. The van der Waals surface area contributed by atoms with Crippen LogP contribution in [0.2, 0.25) is 8.67 Å². The second-order valence-corrected chi connectivity index (χ2v) is 10.0. The zero-order valence-electron chi connectivity index (χ0n) is 10.8. The molecule has 0 saturated carbocycles. The molecule has 0 saturated heterocycles. The van der Waals surface area contributed by atoms with E-state index in [1.54, 1.807) is 11.3 Å². The minimum atomic E-state index is -3.74. The fourth-order valence-electron chi connectivity index (χ4n) is 1.98. The first-order chi connectivity index (χ1) is 10.4. The zero-order chi connectivity index (χ0) is 15.9. The van der Waals surface area contributed by atoms with Crippen LogP contribution in [0.3, 0.4) is 0 Å². The molecule has 0 unspecified atom stereocenters. The van der Waals surface area contributed by atoms with E-state index < -0.39 is 10.0 Å². The van der Waals surface area contributed by atoms with Crippen LogP contribution in [0.5, 0.6) is 0 Å². The zero-order valence-corrected chi connectivity index (χ0v) is 16.3. The number of halogens is 3. The molecule has 22 heavy (non-hydrogen) atoms. The number of benzene rings is 1. The normalized spacial score (nSPS) is 12.1. The van der Waals surface area contributed by atoms with Crippen molar-refractivity contribution in [3.63, 3.8) is 0 Å². The van der Waals surface area contributed by atoms with E-state index in [-0.39, 0.29) is 15.8 Å². The second kappa shape index (κ2) is 6.39. The Morgan fingerprint density at radius 1 is 1.18 bits per heavy atom. The summed E-state index contributed by atoms with van der Waals surface area (Å²) < 4.78 is 29.3. The molecule has 3 rings (SSSR count). The molecular weight excluding hydrogens is 449 g/mol. The Kier molecular flexibility index (Phi) is 4.85. The molecule has 0 radical (unpaired) electrons. The molecule has 2 aromatic heterocycles. The number of nitrogens with one attached hydrogen (secondary N) is 1. The summed E-state index contributed by atoms with van der Waals surface area (Å²) in [4.78, 5) is -0.0105. The van der Waals surface area contributed by atoms with Crippen molar-refractivity contribution < 1.29 is 8.42 Å². The standard InChI is InChI=1S/C13H8BrCl2NO2S3/c14-10-11(13(16)21-12(10)15)22(18,19)17-5-7-6-20-9-4-2-1-3-8(7)9/h1-4,6,17H,5H2. The molecule has 0 fully saturated rings. The molecule has 1 N–H and O–H groups in total. The summed E-state index contributed by atoms with van der Waals surface area (Å²) in [6, 6.07) is 7.86. The van der Waals surface area contributed by atoms with E-state index in [0.717, 1.165) is 27.0 Å². The van der Waals surface area contributed by atoms with E-state index in [0.29, 0.717) is 8.81 Å². The van der Waals surface area contributed by atoms with Gasteiger partial charge in [0.1, 0.15) is 13.6 Å². The summed E-state index contributed by atoms with van der Waals surface area (Å²) >= 11 is 17.7. The van der Waals surface area contributed by atoms with Gasteiger partial charge in [0, 0.05) is 11.2 Å². The lowest BCUT2D eigenvalue weighted by molar-refractivity contribution is 0.581. The number of hydrogen-bond acceptors (Lipinski definition) is 4. The van der Waals surface area contributed by atoms with Crippen molar-refractivity contribution in [2.24, 2.45) is 0 Å². The molecule has 9 heteroatoms. The summed E-state index contributed by atoms with van der Waals surface area (Å²) in [6.45, 7) is 0.197. The summed E-state index contributed by atoms with van der Waals surface area (Å²) in [5, 5.41) is 2.99. The van der Waals surface area contributed by atoms with E-state index in [2.05, 4.69) is 20.7 Å². The molecule has 1 aromatic carbocycles. The van der Waals surface area contributed by atoms with Crippen molar-refractivity contribution in [3.8, 4) is 0 Å². The van der Waals surface area contributed by atoms with Crippen molar-refractivity contribution in [3.05, 3.63) is 48.4 Å². The molecule has 0 aliphatic heterocycles. The summed E-state index contributed by atoms with van der Waals surface area (Å²) in [6.07, 6.45) is 0. The van der Waals surface area contributed by atoms with E-state index in [9.17, 15) is 8.42 Å². The Labute approximate surface area is 154 Å². The van der Waals surface area contributed by atoms with Crippen LogP contribution >= 0.6 is 61.8 Å². The van der Waals surface area contributed by atoms with Gasteiger partial charge in [-0.25, -0.2) is 13.1 Å². The maximum atomic E-state index is 12.4. The first-order valence-corrected chi connectivity index (χ1v) is 10.7. The fourth-order valence-corrected chi connectivity index (χ4v) is 7.50. The Morgan fingerprint density at radius 2 is 1.91 bits per heavy atom. The molecule has 116 valence electrons. The minimum absolute atomic E-state index is 0.0105.